The molecule has 0 aromatic heterocycles. The molecule has 104 heavy (non-hydrogen) atoms. The summed E-state index contributed by atoms with van der Waals surface area (Å²) in [6.45, 7) is 7.42. The van der Waals surface area contributed by atoms with Gasteiger partial charge in [-0.05, 0) is 31.6 Å². The Morgan fingerprint density at radius 3 is 0.683 bits per heavy atom. The summed E-state index contributed by atoms with van der Waals surface area (Å²) in [5.74, 6) is -1.25. The monoisotopic (exact) mass is 1520 g/mol. The van der Waals surface area contributed by atoms with Gasteiger partial charge >= 0.3 is 39.5 Å². The number of ether oxygens (including phenoxy) is 4. The van der Waals surface area contributed by atoms with Gasteiger partial charge in [0, 0.05) is 25.7 Å². The molecule has 19 heteroatoms. The van der Waals surface area contributed by atoms with Crippen molar-refractivity contribution in [3.8, 4) is 0 Å². The van der Waals surface area contributed by atoms with Gasteiger partial charge in [-0.3, -0.25) is 37.3 Å². The number of carbonyl (C=O) groups is 4. The molecular formula is C85H166O17P2. The number of rotatable bonds is 85. The maximum absolute atomic E-state index is 13.1. The fraction of sp³-hybridized carbons (Fsp3) is 0.953. The van der Waals surface area contributed by atoms with Crippen LogP contribution in [0.5, 0.6) is 0 Å². The van der Waals surface area contributed by atoms with Crippen molar-refractivity contribution >= 4 is 39.5 Å². The standard InChI is InChI=1S/C85H166O17P2/c1-6-10-13-16-19-22-25-28-30-31-32-34-39-44-49-54-59-64-69-83(88)96-75-81(102-85(90)71-66-61-56-51-46-41-36-35-38-42-47-52-57-62-67-78(5)9-4)77-100-104(93,94)98-73-79(86)72-97-103(91,92)99-76-80(74-95-82(87)68-63-58-53-48-43-37-27-24-21-18-15-12-8-3)101-84(89)70-65-60-55-50-45-40-33-29-26-23-20-17-14-11-7-2/h78-81,86H,6-77H2,1-5H3,(H,91,92)(H,93,94)/t78?,79-,80+,81+/m0/s1. The highest BCUT2D eigenvalue weighted by atomic mass is 31.2. The van der Waals surface area contributed by atoms with Crippen molar-refractivity contribution in [1.29, 1.82) is 0 Å². The summed E-state index contributed by atoms with van der Waals surface area (Å²) in [5.41, 5.74) is 0. The topological polar surface area (TPSA) is 237 Å². The van der Waals surface area contributed by atoms with Gasteiger partial charge in [0.1, 0.15) is 19.3 Å². The van der Waals surface area contributed by atoms with Crippen LogP contribution in [-0.2, 0) is 65.4 Å². The van der Waals surface area contributed by atoms with Crippen molar-refractivity contribution in [2.24, 2.45) is 5.92 Å². The van der Waals surface area contributed by atoms with E-state index in [1.165, 1.54) is 283 Å². The molecule has 3 unspecified atom stereocenters. The summed E-state index contributed by atoms with van der Waals surface area (Å²) in [5, 5.41) is 10.7. The fourth-order valence-corrected chi connectivity index (χ4v) is 14.8. The van der Waals surface area contributed by atoms with Crippen LogP contribution in [0.1, 0.15) is 458 Å². The molecule has 618 valence electrons. The summed E-state index contributed by atoms with van der Waals surface area (Å²) >= 11 is 0. The van der Waals surface area contributed by atoms with E-state index in [0.717, 1.165) is 95.8 Å². The van der Waals surface area contributed by atoms with E-state index in [2.05, 4.69) is 34.6 Å². The SMILES string of the molecule is CCCCCCCCCCCCCCCCCCCCC(=O)OC[C@H](COP(=O)(O)OC[C@@H](O)COP(=O)(O)OC[C@@H](COC(=O)CCCCCCCCCCCCCCC)OC(=O)CCCCCCCCCCCCCCCCC)OC(=O)CCCCCCCCCCCCCCCCC(C)CC. The highest BCUT2D eigenvalue weighted by Crippen LogP contribution is 2.45. The average molecular weight is 1520 g/mol. The molecule has 0 aromatic rings. The number of carbonyl (C=O) groups excluding carboxylic acids is 4. The summed E-state index contributed by atoms with van der Waals surface area (Å²) in [4.78, 5) is 73.2. The Hall–Kier alpha value is -1.94. The van der Waals surface area contributed by atoms with E-state index >= 15 is 0 Å². The molecule has 0 aliphatic carbocycles. The van der Waals surface area contributed by atoms with Crippen LogP contribution in [0, 0.1) is 5.92 Å². The fourth-order valence-electron chi connectivity index (χ4n) is 13.3. The second kappa shape index (κ2) is 77.8. The molecule has 0 rings (SSSR count). The van der Waals surface area contributed by atoms with Crippen LogP contribution < -0.4 is 0 Å². The average Bonchev–Trinajstić information content (AvgIpc) is 0.953. The van der Waals surface area contributed by atoms with Crippen LogP contribution >= 0.6 is 15.6 Å². The molecule has 0 aliphatic rings. The zero-order valence-corrected chi connectivity index (χ0v) is 70.0. The van der Waals surface area contributed by atoms with Crippen molar-refractivity contribution in [3.05, 3.63) is 0 Å². The second-order valence-corrected chi connectivity index (χ2v) is 33.7. The highest BCUT2D eigenvalue weighted by Gasteiger charge is 2.30. The Labute approximate surface area is 638 Å². The van der Waals surface area contributed by atoms with E-state index in [0.29, 0.717) is 25.7 Å². The molecule has 0 heterocycles. The Bertz CT molecular complexity index is 1980. The molecule has 0 fully saturated rings. The van der Waals surface area contributed by atoms with Gasteiger partial charge in [0.05, 0.1) is 26.4 Å². The third-order valence-electron chi connectivity index (χ3n) is 20.4. The summed E-state index contributed by atoms with van der Waals surface area (Å²) in [6.07, 6.45) is 70.5. The van der Waals surface area contributed by atoms with Gasteiger partial charge in [-0.2, -0.15) is 0 Å². The van der Waals surface area contributed by atoms with E-state index < -0.39 is 97.5 Å². The molecular weight excluding hydrogens is 1350 g/mol. The van der Waals surface area contributed by atoms with E-state index in [1.54, 1.807) is 0 Å². The number of phosphoric ester groups is 2. The van der Waals surface area contributed by atoms with Gasteiger partial charge in [0.15, 0.2) is 12.2 Å². The maximum atomic E-state index is 13.1. The lowest BCUT2D eigenvalue weighted by atomic mass is 9.99. The van der Waals surface area contributed by atoms with E-state index in [4.69, 9.17) is 37.0 Å². The van der Waals surface area contributed by atoms with Crippen LogP contribution in [0.25, 0.3) is 0 Å². The first-order valence-electron chi connectivity index (χ1n) is 44.2. The largest absolute Gasteiger partial charge is 0.472 e. The molecule has 0 saturated heterocycles. The number of esters is 4. The number of hydrogen-bond donors (Lipinski definition) is 3. The number of hydrogen-bond acceptors (Lipinski definition) is 15. The number of phosphoric acid groups is 2. The Balaban J connectivity index is 5.27. The Morgan fingerprint density at radius 2 is 0.462 bits per heavy atom. The van der Waals surface area contributed by atoms with E-state index in [9.17, 15) is 43.2 Å². The quantitative estimate of drug-likeness (QED) is 0.0222. The van der Waals surface area contributed by atoms with Gasteiger partial charge in [0.2, 0.25) is 0 Å². The molecule has 0 amide bonds. The third kappa shape index (κ3) is 76.8. The van der Waals surface area contributed by atoms with Crippen molar-refractivity contribution in [1.82, 2.24) is 0 Å². The van der Waals surface area contributed by atoms with E-state index in [-0.39, 0.29) is 25.7 Å². The van der Waals surface area contributed by atoms with Crippen LogP contribution in [0.4, 0.5) is 0 Å². The van der Waals surface area contributed by atoms with Gasteiger partial charge in [0.25, 0.3) is 0 Å². The highest BCUT2D eigenvalue weighted by molar-refractivity contribution is 7.47. The molecule has 0 saturated carbocycles. The lowest BCUT2D eigenvalue weighted by Crippen LogP contribution is -2.30. The normalized spacial score (nSPS) is 14.0. The predicted molar refractivity (Wildman–Crippen MR) is 428 cm³/mol. The Kier molecular flexibility index (Phi) is 76.3. The predicted octanol–water partition coefficient (Wildman–Crippen LogP) is 26.0. The summed E-state index contributed by atoms with van der Waals surface area (Å²) in [7, 11) is -9.93. The van der Waals surface area contributed by atoms with Crippen LogP contribution in [0.15, 0.2) is 0 Å². The number of aliphatic hydroxyl groups is 1. The Morgan fingerprint density at radius 1 is 0.269 bits per heavy atom. The zero-order valence-electron chi connectivity index (χ0n) is 68.2. The van der Waals surface area contributed by atoms with Gasteiger partial charge in [-0.1, -0.05) is 407 Å². The van der Waals surface area contributed by atoms with E-state index in [1.807, 2.05) is 0 Å². The lowest BCUT2D eigenvalue weighted by molar-refractivity contribution is -0.161. The molecule has 0 aromatic carbocycles. The van der Waals surface area contributed by atoms with Gasteiger partial charge in [-0.15, -0.1) is 0 Å². The van der Waals surface area contributed by atoms with Gasteiger partial charge < -0.3 is 33.8 Å². The second-order valence-electron chi connectivity index (χ2n) is 30.8. The first-order valence-corrected chi connectivity index (χ1v) is 47.2. The molecule has 0 aliphatic heterocycles. The van der Waals surface area contributed by atoms with Crippen molar-refractivity contribution < 1.29 is 80.2 Å². The molecule has 0 spiro atoms. The zero-order chi connectivity index (χ0) is 76.2. The lowest BCUT2D eigenvalue weighted by Gasteiger charge is -2.21. The van der Waals surface area contributed by atoms with Crippen LogP contribution in [0.2, 0.25) is 0 Å². The molecule has 17 nitrogen and oxygen atoms in total. The van der Waals surface area contributed by atoms with Crippen molar-refractivity contribution in [2.45, 2.75) is 477 Å². The molecule has 3 N–H and O–H groups in total. The van der Waals surface area contributed by atoms with Crippen LogP contribution in [0.3, 0.4) is 0 Å². The minimum atomic E-state index is -4.96. The first kappa shape index (κ1) is 102. The third-order valence-corrected chi connectivity index (χ3v) is 22.3. The van der Waals surface area contributed by atoms with Crippen LogP contribution in [-0.4, -0.2) is 96.7 Å². The smallest absolute Gasteiger partial charge is 0.462 e. The maximum Gasteiger partial charge on any atom is 0.472 e. The number of unbranched alkanes of at least 4 members (excludes halogenated alkanes) is 56. The summed E-state index contributed by atoms with van der Waals surface area (Å²) in [6, 6.07) is 0. The molecule has 0 radical (unpaired) electrons. The minimum Gasteiger partial charge on any atom is -0.462 e. The minimum absolute atomic E-state index is 0.109. The first-order chi connectivity index (χ1) is 50.6. The number of aliphatic hydroxyl groups excluding tert-OH is 1. The molecule has 6 atom stereocenters. The summed E-state index contributed by atoms with van der Waals surface area (Å²) < 4.78 is 68.9. The van der Waals surface area contributed by atoms with Gasteiger partial charge in [-0.25, -0.2) is 9.13 Å². The van der Waals surface area contributed by atoms with Crippen molar-refractivity contribution in [3.63, 3.8) is 0 Å². The van der Waals surface area contributed by atoms with Crippen molar-refractivity contribution in [2.75, 3.05) is 39.6 Å². The molecule has 0 bridgehead atoms.